The number of aromatic nitrogens is 1. The van der Waals surface area contributed by atoms with E-state index < -0.39 is 29.2 Å². The molecular weight excluding hydrogens is 399 g/mol. The van der Waals surface area contributed by atoms with Crippen molar-refractivity contribution in [3.63, 3.8) is 0 Å². The molecule has 0 atom stereocenters. The second-order valence-electron chi connectivity index (χ2n) is 5.95. The summed E-state index contributed by atoms with van der Waals surface area (Å²) in [4.78, 5) is 16.3. The summed E-state index contributed by atoms with van der Waals surface area (Å²) in [5.41, 5.74) is -0.342. The highest BCUT2D eigenvalue weighted by Crippen LogP contribution is 2.31. The maximum Gasteiger partial charge on any atom is 0.416 e. The number of hydrogen-bond acceptors (Lipinski definition) is 3. The number of benzene rings is 2. The topological polar surface area (TPSA) is 42.0 Å². The zero-order chi connectivity index (χ0) is 20.3. The van der Waals surface area contributed by atoms with Crippen molar-refractivity contribution in [3.05, 3.63) is 81.3 Å². The molecule has 0 aliphatic heterocycles. The van der Waals surface area contributed by atoms with Gasteiger partial charge in [-0.2, -0.15) is 13.2 Å². The number of hydrogen-bond donors (Lipinski definition) is 1. The minimum Gasteiger partial charge on any atom is -0.323 e. The molecular formula is C19H13F5N2OS. The fraction of sp³-hybridized carbons (Fsp3) is 0.158. The smallest absolute Gasteiger partial charge is 0.323 e. The molecule has 3 rings (SSSR count). The van der Waals surface area contributed by atoms with Crippen LogP contribution in [0.25, 0.3) is 0 Å². The Balaban J connectivity index is 1.64. The molecule has 0 fully saturated rings. The summed E-state index contributed by atoms with van der Waals surface area (Å²) in [7, 11) is 0. The number of amides is 1. The van der Waals surface area contributed by atoms with E-state index in [9.17, 15) is 26.7 Å². The van der Waals surface area contributed by atoms with Gasteiger partial charge in [-0.05, 0) is 35.9 Å². The van der Waals surface area contributed by atoms with Gasteiger partial charge in [-0.15, -0.1) is 11.3 Å². The summed E-state index contributed by atoms with van der Waals surface area (Å²) < 4.78 is 64.8. The van der Waals surface area contributed by atoms with E-state index in [0.717, 1.165) is 5.56 Å². The van der Waals surface area contributed by atoms with Crippen LogP contribution in [-0.4, -0.2) is 10.9 Å². The number of nitrogens with zero attached hydrogens (tertiary/aromatic N) is 1. The largest absolute Gasteiger partial charge is 0.416 e. The fourth-order valence-electron chi connectivity index (χ4n) is 2.44. The predicted molar refractivity (Wildman–Crippen MR) is 95.1 cm³/mol. The van der Waals surface area contributed by atoms with Crippen LogP contribution in [0.3, 0.4) is 0 Å². The van der Waals surface area contributed by atoms with E-state index in [1.54, 1.807) is 17.5 Å². The highest BCUT2D eigenvalue weighted by atomic mass is 32.1. The maximum absolute atomic E-state index is 13.7. The van der Waals surface area contributed by atoms with Crippen LogP contribution >= 0.6 is 11.3 Å². The van der Waals surface area contributed by atoms with E-state index in [-0.39, 0.29) is 12.2 Å². The lowest BCUT2D eigenvalue weighted by Crippen LogP contribution is -2.16. The standard InChI is InChI=1S/C19H13F5N2OS/c20-13-4-1-11(2-5-13)7-18-25-14(10-28-18)9-17(27)26-16-8-12(19(22,23)24)3-6-15(16)21/h1-6,8,10H,7,9H2,(H,26,27). The normalized spacial score (nSPS) is 11.5. The average Bonchev–Trinajstić information content (AvgIpc) is 3.04. The lowest BCUT2D eigenvalue weighted by molar-refractivity contribution is -0.137. The van der Waals surface area contributed by atoms with Crippen LogP contribution in [0.4, 0.5) is 27.6 Å². The number of halogens is 5. The highest BCUT2D eigenvalue weighted by Gasteiger charge is 2.31. The van der Waals surface area contributed by atoms with Crippen molar-refractivity contribution in [2.45, 2.75) is 19.0 Å². The molecule has 0 spiro atoms. The number of nitrogens with one attached hydrogen (secondary N) is 1. The molecule has 2 aromatic carbocycles. The summed E-state index contributed by atoms with van der Waals surface area (Å²) in [6, 6.07) is 7.73. The number of thiazole rings is 1. The molecule has 0 saturated heterocycles. The Bertz CT molecular complexity index is 983. The van der Waals surface area contributed by atoms with Crippen molar-refractivity contribution in [2.24, 2.45) is 0 Å². The molecule has 1 heterocycles. The first-order chi connectivity index (χ1) is 13.2. The predicted octanol–water partition coefficient (Wildman–Crippen LogP) is 5.21. The zero-order valence-corrected chi connectivity index (χ0v) is 15.0. The Labute approximate surface area is 160 Å². The van der Waals surface area contributed by atoms with Gasteiger partial charge in [0.1, 0.15) is 11.6 Å². The summed E-state index contributed by atoms with van der Waals surface area (Å²) in [5, 5.41) is 4.48. The maximum atomic E-state index is 13.7. The van der Waals surface area contributed by atoms with Gasteiger partial charge in [0.25, 0.3) is 0 Å². The summed E-state index contributed by atoms with van der Waals surface area (Å²) >= 11 is 1.30. The van der Waals surface area contributed by atoms with Gasteiger partial charge in [-0.3, -0.25) is 4.79 Å². The van der Waals surface area contributed by atoms with Crippen LogP contribution in [0.5, 0.6) is 0 Å². The van der Waals surface area contributed by atoms with Gasteiger partial charge in [-0.1, -0.05) is 12.1 Å². The second-order valence-corrected chi connectivity index (χ2v) is 6.90. The molecule has 0 saturated carbocycles. The molecule has 1 N–H and O–H groups in total. The van der Waals surface area contributed by atoms with Crippen LogP contribution in [0.15, 0.2) is 47.8 Å². The molecule has 146 valence electrons. The summed E-state index contributed by atoms with van der Waals surface area (Å²) in [6.07, 6.45) is -4.40. The van der Waals surface area contributed by atoms with Gasteiger partial charge in [0.05, 0.1) is 28.4 Å². The Kier molecular flexibility index (Phi) is 5.73. The van der Waals surface area contributed by atoms with Crippen molar-refractivity contribution in [1.29, 1.82) is 0 Å². The van der Waals surface area contributed by atoms with Gasteiger partial charge in [0.15, 0.2) is 0 Å². The minimum atomic E-state index is -4.64. The van der Waals surface area contributed by atoms with Crippen molar-refractivity contribution in [3.8, 4) is 0 Å². The molecule has 1 amide bonds. The van der Waals surface area contributed by atoms with Gasteiger partial charge in [0.2, 0.25) is 5.91 Å². The number of rotatable bonds is 5. The van der Waals surface area contributed by atoms with Crippen LogP contribution in [0.2, 0.25) is 0 Å². The molecule has 9 heteroatoms. The van der Waals surface area contributed by atoms with Crippen molar-refractivity contribution >= 4 is 22.9 Å². The molecule has 28 heavy (non-hydrogen) atoms. The fourth-order valence-corrected chi connectivity index (χ4v) is 3.27. The van der Waals surface area contributed by atoms with Crippen LogP contribution in [0.1, 0.15) is 21.8 Å². The average molecular weight is 412 g/mol. The quantitative estimate of drug-likeness (QED) is 0.585. The third-order valence-electron chi connectivity index (χ3n) is 3.78. The first-order valence-electron chi connectivity index (χ1n) is 8.05. The van der Waals surface area contributed by atoms with Gasteiger partial charge < -0.3 is 5.32 Å². The van der Waals surface area contributed by atoms with Crippen molar-refractivity contribution < 1.29 is 26.7 Å². The molecule has 0 bridgehead atoms. The zero-order valence-electron chi connectivity index (χ0n) is 14.2. The Morgan fingerprint density at radius 1 is 1.07 bits per heavy atom. The van der Waals surface area contributed by atoms with Gasteiger partial charge >= 0.3 is 6.18 Å². The second kappa shape index (κ2) is 8.05. The number of carbonyl (C=O) groups is 1. The van der Waals surface area contributed by atoms with E-state index in [4.69, 9.17) is 0 Å². The Morgan fingerprint density at radius 3 is 2.46 bits per heavy atom. The number of carbonyl (C=O) groups excluding carboxylic acids is 1. The SMILES string of the molecule is O=C(Cc1csc(Cc2ccc(F)cc2)n1)Nc1cc(C(F)(F)F)ccc1F. The van der Waals surface area contributed by atoms with E-state index >= 15 is 0 Å². The van der Waals surface area contributed by atoms with Gasteiger partial charge in [0, 0.05) is 11.8 Å². The lowest BCUT2D eigenvalue weighted by atomic mass is 10.1. The van der Waals surface area contributed by atoms with E-state index in [0.29, 0.717) is 35.3 Å². The third-order valence-corrected chi connectivity index (χ3v) is 4.67. The lowest BCUT2D eigenvalue weighted by Gasteiger charge is -2.10. The number of alkyl halides is 3. The Morgan fingerprint density at radius 2 is 1.79 bits per heavy atom. The third kappa shape index (κ3) is 5.13. The molecule has 3 nitrogen and oxygen atoms in total. The summed E-state index contributed by atoms with van der Waals surface area (Å²) in [5.74, 6) is -1.99. The monoisotopic (exact) mass is 412 g/mol. The molecule has 0 aliphatic carbocycles. The van der Waals surface area contributed by atoms with Crippen molar-refractivity contribution in [2.75, 3.05) is 5.32 Å². The summed E-state index contributed by atoms with van der Waals surface area (Å²) in [6.45, 7) is 0. The molecule has 0 aliphatic rings. The number of anilines is 1. The van der Waals surface area contributed by atoms with Crippen LogP contribution < -0.4 is 5.32 Å². The van der Waals surface area contributed by atoms with E-state index in [1.807, 2.05) is 0 Å². The Hall–Kier alpha value is -2.81. The molecule has 0 unspecified atom stereocenters. The van der Waals surface area contributed by atoms with Crippen LogP contribution in [0, 0.1) is 11.6 Å². The van der Waals surface area contributed by atoms with E-state index in [2.05, 4.69) is 10.3 Å². The molecule has 0 radical (unpaired) electrons. The minimum absolute atomic E-state index is 0.213. The van der Waals surface area contributed by atoms with Crippen molar-refractivity contribution in [1.82, 2.24) is 4.98 Å². The molecule has 3 aromatic rings. The molecule has 1 aromatic heterocycles. The highest BCUT2D eigenvalue weighted by molar-refractivity contribution is 7.09. The van der Waals surface area contributed by atoms with E-state index in [1.165, 1.54) is 23.5 Å². The first kappa shape index (κ1) is 19.9. The first-order valence-corrected chi connectivity index (χ1v) is 8.93. The van der Waals surface area contributed by atoms with Gasteiger partial charge in [-0.25, -0.2) is 13.8 Å². The van der Waals surface area contributed by atoms with Crippen LogP contribution in [-0.2, 0) is 23.8 Å².